The molecule has 0 amide bonds. The van der Waals surface area contributed by atoms with Crippen molar-refractivity contribution in [1.82, 2.24) is 0 Å². The highest BCUT2D eigenvalue weighted by Crippen LogP contribution is 2.27. The Balaban J connectivity index is 0. The molecular weight excluding hydrogens is 500 g/mol. The molecular formula is C27H48O11. The number of benzene rings is 1. The summed E-state index contributed by atoms with van der Waals surface area (Å²) in [5.41, 5.74) is -0.806. The molecule has 0 bridgehead atoms. The average molecular weight is 549 g/mol. The zero-order valence-electron chi connectivity index (χ0n) is 22.8. The minimum Gasteiger partial charge on any atom is -0.478 e. The maximum Gasteiger partial charge on any atom is 0.335 e. The molecule has 1 fully saturated rings. The van der Waals surface area contributed by atoms with Gasteiger partial charge in [-0.25, -0.2) is 9.59 Å². The SMILES string of the molecule is CC(C)(CO)CO.CCC(CO)(CO)CO.O=C(O)c1ccc(C(=O)O)cc1.OCC1CCC(CO)CC1. The van der Waals surface area contributed by atoms with Crippen LogP contribution >= 0.6 is 0 Å². The van der Waals surface area contributed by atoms with E-state index >= 15 is 0 Å². The van der Waals surface area contributed by atoms with Crippen LogP contribution in [0.2, 0.25) is 0 Å². The van der Waals surface area contributed by atoms with Crippen molar-refractivity contribution in [2.45, 2.75) is 52.9 Å². The van der Waals surface area contributed by atoms with Crippen molar-refractivity contribution in [3.8, 4) is 0 Å². The van der Waals surface area contributed by atoms with Crippen molar-refractivity contribution in [2.75, 3.05) is 46.2 Å². The number of carbonyl (C=O) groups is 2. The fourth-order valence-electron chi connectivity index (χ4n) is 2.89. The first-order valence-corrected chi connectivity index (χ1v) is 12.7. The van der Waals surface area contributed by atoms with Gasteiger partial charge < -0.3 is 46.0 Å². The third-order valence-electron chi connectivity index (χ3n) is 6.47. The smallest absolute Gasteiger partial charge is 0.335 e. The fraction of sp³-hybridized carbons (Fsp3) is 0.704. The molecule has 1 aliphatic carbocycles. The molecule has 2 rings (SSSR count). The van der Waals surface area contributed by atoms with E-state index in [9.17, 15) is 9.59 Å². The van der Waals surface area contributed by atoms with Crippen LogP contribution in [0, 0.1) is 22.7 Å². The van der Waals surface area contributed by atoms with E-state index in [0.717, 1.165) is 25.7 Å². The first-order valence-electron chi connectivity index (χ1n) is 12.7. The van der Waals surface area contributed by atoms with Crippen molar-refractivity contribution < 1.29 is 55.5 Å². The number of carboxylic acids is 2. The fourth-order valence-corrected chi connectivity index (χ4v) is 2.89. The lowest BCUT2D eigenvalue weighted by atomic mass is 9.83. The lowest BCUT2D eigenvalue weighted by molar-refractivity contribution is 0.00303. The lowest BCUT2D eigenvalue weighted by Crippen LogP contribution is -2.32. The summed E-state index contributed by atoms with van der Waals surface area (Å²) >= 11 is 0. The van der Waals surface area contributed by atoms with Gasteiger partial charge in [0.2, 0.25) is 0 Å². The van der Waals surface area contributed by atoms with E-state index in [1.165, 1.54) is 24.3 Å². The molecule has 0 saturated heterocycles. The molecule has 0 aliphatic heterocycles. The highest BCUT2D eigenvalue weighted by Gasteiger charge is 2.25. The van der Waals surface area contributed by atoms with E-state index in [2.05, 4.69) is 0 Å². The van der Waals surface area contributed by atoms with Gasteiger partial charge in [-0.15, -0.1) is 0 Å². The van der Waals surface area contributed by atoms with Crippen molar-refractivity contribution in [3.63, 3.8) is 0 Å². The summed E-state index contributed by atoms with van der Waals surface area (Å²) in [7, 11) is 0. The molecule has 0 unspecified atom stereocenters. The topological polar surface area (TPSA) is 216 Å². The third-order valence-corrected chi connectivity index (χ3v) is 6.47. The van der Waals surface area contributed by atoms with Crippen molar-refractivity contribution in [2.24, 2.45) is 22.7 Å². The Bertz CT molecular complexity index is 669. The minimum absolute atomic E-state index is 0.0451. The molecule has 1 aromatic rings. The summed E-state index contributed by atoms with van der Waals surface area (Å²) in [6.07, 6.45) is 4.99. The van der Waals surface area contributed by atoms with Gasteiger partial charge >= 0.3 is 11.9 Å². The van der Waals surface area contributed by atoms with Gasteiger partial charge in [0.15, 0.2) is 0 Å². The maximum atomic E-state index is 10.3. The second-order valence-electron chi connectivity index (χ2n) is 10.2. The van der Waals surface area contributed by atoms with Crippen LogP contribution in [0.1, 0.15) is 73.6 Å². The normalized spacial score (nSPS) is 17.0. The number of carboxylic acid groups (broad SMARTS) is 2. The molecule has 0 atom stereocenters. The van der Waals surface area contributed by atoms with E-state index < -0.39 is 17.4 Å². The number of hydrogen-bond acceptors (Lipinski definition) is 9. The quantitative estimate of drug-likeness (QED) is 0.202. The van der Waals surface area contributed by atoms with Gasteiger partial charge in [0.25, 0.3) is 0 Å². The molecule has 0 heterocycles. The van der Waals surface area contributed by atoms with Gasteiger partial charge in [-0.3, -0.25) is 0 Å². The van der Waals surface area contributed by atoms with Crippen LogP contribution in [0.15, 0.2) is 24.3 Å². The predicted octanol–water partition coefficient (Wildman–Crippen LogP) is 1.22. The molecule has 222 valence electrons. The van der Waals surface area contributed by atoms with Gasteiger partial charge in [-0.05, 0) is 68.2 Å². The Labute approximate surface area is 225 Å². The second-order valence-corrected chi connectivity index (χ2v) is 10.2. The third kappa shape index (κ3) is 16.0. The Hall–Kier alpha value is -2.12. The largest absolute Gasteiger partial charge is 0.478 e. The first kappa shape index (κ1) is 38.0. The van der Waals surface area contributed by atoms with Gasteiger partial charge in [0.1, 0.15) is 0 Å². The molecule has 0 aromatic heterocycles. The van der Waals surface area contributed by atoms with Gasteiger partial charge in [-0.2, -0.15) is 0 Å². The zero-order valence-corrected chi connectivity index (χ0v) is 22.8. The first-order chi connectivity index (χ1) is 17.8. The van der Waals surface area contributed by atoms with E-state index in [4.69, 9.17) is 46.0 Å². The lowest BCUT2D eigenvalue weighted by Gasteiger charge is -2.25. The van der Waals surface area contributed by atoms with Crippen LogP contribution < -0.4 is 0 Å². The van der Waals surface area contributed by atoms with Crippen LogP contribution in [-0.2, 0) is 0 Å². The van der Waals surface area contributed by atoms with Crippen molar-refractivity contribution in [1.29, 1.82) is 0 Å². The Morgan fingerprint density at radius 1 is 0.658 bits per heavy atom. The summed E-state index contributed by atoms with van der Waals surface area (Å²) in [4.78, 5) is 20.7. The number of rotatable bonds is 10. The molecule has 9 N–H and O–H groups in total. The van der Waals surface area contributed by atoms with Crippen LogP contribution in [0.5, 0.6) is 0 Å². The van der Waals surface area contributed by atoms with Gasteiger partial charge in [0.05, 0.1) is 44.2 Å². The summed E-state index contributed by atoms with van der Waals surface area (Å²) < 4.78 is 0. The summed E-state index contributed by atoms with van der Waals surface area (Å²) in [5, 5.41) is 77.3. The molecule has 1 saturated carbocycles. The van der Waals surface area contributed by atoms with Crippen LogP contribution in [0.4, 0.5) is 0 Å². The monoisotopic (exact) mass is 548 g/mol. The summed E-state index contributed by atoms with van der Waals surface area (Å²) in [6.45, 7) is 5.70. The molecule has 1 aromatic carbocycles. The van der Waals surface area contributed by atoms with E-state index in [-0.39, 0.29) is 49.6 Å². The molecule has 38 heavy (non-hydrogen) atoms. The van der Waals surface area contributed by atoms with Crippen molar-refractivity contribution in [3.05, 3.63) is 35.4 Å². The number of aliphatic hydroxyl groups excluding tert-OH is 7. The standard InChI is InChI=1S/C8H6O4.C8H16O2.C6H14O3.C5H12O2/c9-7(10)5-1-2-6(4-3-5)8(11)12;9-5-7-1-2-8(6-10)4-3-7;1-2-6(3-7,4-8)5-9;1-5(2,3-6)4-7/h1-4H,(H,9,10)(H,11,12);7-10H,1-6H2;7-9H,2-5H2,1H3;6-7H,3-4H2,1-2H3. The predicted molar refractivity (Wildman–Crippen MR) is 142 cm³/mol. The van der Waals surface area contributed by atoms with Gasteiger partial charge in [-0.1, -0.05) is 20.8 Å². The highest BCUT2D eigenvalue weighted by atomic mass is 16.4. The molecule has 0 radical (unpaired) electrons. The Morgan fingerprint density at radius 2 is 0.947 bits per heavy atom. The van der Waals surface area contributed by atoms with Crippen LogP contribution in [0.25, 0.3) is 0 Å². The average Bonchev–Trinajstić information content (AvgIpc) is 2.95. The molecule has 11 nitrogen and oxygen atoms in total. The Kier molecular flexibility index (Phi) is 20.8. The van der Waals surface area contributed by atoms with E-state index in [1.807, 2.05) is 6.92 Å². The Morgan fingerprint density at radius 3 is 1.05 bits per heavy atom. The number of hydrogen-bond donors (Lipinski definition) is 9. The highest BCUT2D eigenvalue weighted by molar-refractivity contribution is 5.91. The molecule has 1 aliphatic rings. The van der Waals surface area contributed by atoms with Gasteiger partial charge in [0, 0.05) is 24.0 Å². The second kappa shape index (κ2) is 20.8. The van der Waals surface area contributed by atoms with Crippen LogP contribution in [0.3, 0.4) is 0 Å². The van der Waals surface area contributed by atoms with E-state index in [0.29, 0.717) is 31.5 Å². The molecule has 11 heteroatoms. The van der Waals surface area contributed by atoms with Crippen LogP contribution in [-0.4, -0.2) is 104 Å². The van der Waals surface area contributed by atoms with E-state index in [1.54, 1.807) is 13.8 Å². The summed E-state index contributed by atoms with van der Waals surface area (Å²) in [5.74, 6) is -1.09. The zero-order chi connectivity index (χ0) is 29.8. The molecule has 0 spiro atoms. The van der Waals surface area contributed by atoms with Crippen molar-refractivity contribution >= 4 is 11.9 Å². The maximum absolute atomic E-state index is 10.3. The summed E-state index contributed by atoms with van der Waals surface area (Å²) in [6, 6.07) is 5.02. The number of aromatic carboxylic acids is 2. The minimum atomic E-state index is -1.06. The number of aliphatic hydroxyl groups is 7.